The molecule has 0 unspecified atom stereocenters. The molecule has 0 atom stereocenters. The number of hydrogen-bond acceptors (Lipinski definition) is 1. The summed E-state index contributed by atoms with van der Waals surface area (Å²) in [4.78, 5) is 11.1. The van der Waals surface area contributed by atoms with Gasteiger partial charge in [0.25, 0.3) is 0 Å². The smallest absolute Gasteiger partial charge is 0.352 e. The number of carbonyl (C=O) groups excluding carboxylic acids is 1. The topological polar surface area (TPSA) is 29.1 Å². The first kappa shape index (κ1) is 13.3. The molecule has 1 amide bonds. The zero-order chi connectivity index (χ0) is 12.7. The van der Waals surface area contributed by atoms with Gasteiger partial charge in [-0.2, -0.15) is 13.2 Å². The number of alkyl halides is 3. The van der Waals surface area contributed by atoms with E-state index in [1.165, 1.54) is 6.08 Å². The van der Waals surface area contributed by atoms with E-state index in [4.69, 9.17) is 0 Å². The molecule has 1 rings (SSSR count). The molecule has 0 bridgehead atoms. The molecule has 1 aromatic carbocycles. The fraction of sp³-hybridized carbons (Fsp3) is 0.250. The van der Waals surface area contributed by atoms with Gasteiger partial charge in [0.1, 0.15) is 0 Å². The van der Waals surface area contributed by atoms with Crippen molar-refractivity contribution in [1.29, 1.82) is 0 Å². The average molecular weight is 243 g/mol. The molecule has 0 fully saturated rings. The van der Waals surface area contributed by atoms with E-state index in [0.29, 0.717) is 0 Å². The Balaban J connectivity index is 2.33. The Morgan fingerprint density at radius 2 is 1.88 bits per heavy atom. The fourth-order valence-electron chi connectivity index (χ4n) is 1.12. The molecule has 0 saturated carbocycles. The van der Waals surface area contributed by atoms with Crippen LogP contribution >= 0.6 is 0 Å². The van der Waals surface area contributed by atoms with Crippen LogP contribution in [0.5, 0.6) is 0 Å². The molecular formula is C12H12F3NO. The molecular weight excluding hydrogens is 231 g/mol. The third-order valence-corrected chi connectivity index (χ3v) is 1.93. The van der Waals surface area contributed by atoms with Gasteiger partial charge in [-0.3, -0.25) is 4.79 Å². The minimum absolute atomic E-state index is 0.401. The van der Waals surface area contributed by atoms with E-state index in [0.717, 1.165) is 5.56 Å². The summed E-state index contributed by atoms with van der Waals surface area (Å²) in [7, 11) is 0. The molecule has 17 heavy (non-hydrogen) atoms. The molecule has 2 nitrogen and oxygen atoms in total. The Morgan fingerprint density at radius 1 is 1.24 bits per heavy atom. The molecule has 1 N–H and O–H groups in total. The van der Waals surface area contributed by atoms with E-state index in [9.17, 15) is 18.0 Å². The second kappa shape index (κ2) is 6.08. The van der Waals surface area contributed by atoms with Crippen LogP contribution in [0.4, 0.5) is 13.2 Å². The molecule has 0 aliphatic carbocycles. The summed E-state index contributed by atoms with van der Waals surface area (Å²) in [6.07, 6.45) is -2.50. The van der Waals surface area contributed by atoms with E-state index in [2.05, 4.69) is 5.32 Å². The molecule has 1 aromatic rings. The van der Waals surface area contributed by atoms with Gasteiger partial charge in [-0.1, -0.05) is 30.3 Å². The highest BCUT2D eigenvalue weighted by atomic mass is 19.4. The summed E-state index contributed by atoms with van der Waals surface area (Å²) in [6, 6.07) is 9.03. The van der Waals surface area contributed by atoms with E-state index in [1.54, 1.807) is 30.3 Å². The van der Waals surface area contributed by atoms with Gasteiger partial charge in [-0.15, -0.1) is 0 Å². The molecule has 0 aromatic heterocycles. The zero-order valence-corrected chi connectivity index (χ0v) is 9.00. The van der Waals surface area contributed by atoms with Crippen LogP contribution in [0, 0.1) is 0 Å². The van der Waals surface area contributed by atoms with Gasteiger partial charge in [0.15, 0.2) is 0 Å². The third-order valence-electron chi connectivity index (χ3n) is 1.93. The first-order chi connectivity index (χ1) is 7.97. The van der Waals surface area contributed by atoms with E-state index in [-0.39, 0.29) is 0 Å². The maximum atomic E-state index is 11.8. The number of carbonyl (C=O) groups is 1. The van der Waals surface area contributed by atoms with Crippen molar-refractivity contribution in [1.82, 2.24) is 5.32 Å². The molecule has 0 aliphatic rings. The van der Waals surface area contributed by atoms with Crippen LogP contribution in [0.2, 0.25) is 0 Å². The molecule has 0 saturated heterocycles. The Bertz CT molecular complexity index is 384. The van der Waals surface area contributed by atoms with Gasteiger partial charge in [0.05, 0.1) is 6.42 Å². The first-order valence-corrected chi connectivity index (χ1v) is 5.05. The lowest BCUT2D eigenvalue weighted by molar-refractivity contribution is -0.134. The monoisotopic (exact) mass is 243 g/mol. The molecule has 92 valence electrons. The lowest BCUT2D eigenvalue weighted by atomic mass is 10.2. The SMILES string of the molecule is O=C(/C=C/c1ccccc1)NCCC(F)(F)F. The second-order valence-electron chi connectivity index (χ2n) is 3.40. The minimum Gasteiger partial charge on any atom is -0.352 e. The molecule has 0 spiro atoms. The van der Waals surface area contributed by atoms with Gasteiger partial charge in [-0.05, 0) is 11.6 Å². The summed E-state index contributed by atoms with van der Waals surface area (Å²) >= 11 is 0. The number of benzene rings is 1. The maximum absolute atomic E-state index is 11.8. The minimum atomic E-state index is -4.24. The largest absolute Gasteiger partial charge is 0.390 e. The third kappa shape index (κ3) is 6.40. The highest BCUT2D eigenvalue weighted by molar-refractivity contribution is 5.91. The first-order valence-electron chi connectivity index (χ1n) is 5.05. The maximum Gasteiger partial charge on any atom is 0.390 e. The van der Waals surface area contributed by atoms with Crippen LogP contribution in [-0.2, 0) is 4.79 Å². The Hall–Kier alpha value is -1.78. The Labute approximate surface area is 97.1 Å². The van der Waals surface area contributed by atoms with Crippen molar-refractivity contribution in [3.63, 3.8) is 0 Å². The summed E-state index contributed by atoms with van der Waals surface area (Å²) in [5.41, 5.74) is 0.818. The van der Waals surface area contributed by atoms with E-state index >= 15 is 0 Å². The van der Waals surface area contributed by atoms with Crippen LogP contribution in [0.25, 0.3) is 6.08 Å². The average Bonchev–Trinajstić information content (AvgIpc) is 2.26. The highest BCUT2D eigenvalue weighted by Gasteiger charge is 2.26. The molecule has 0 heterocycles. The lowest BCUT2D eigenvalue weighted by Gasteiger charge is -2.05. The second-order valence-corrected chi connectivity index (χ2v) is 3.40. The lowest BCUT2D eigenvalue weighted by Crippen LogP contribution is -2.26. The molecule has 0 aliphatic heterocycles. The van der Waals surface area contributed by atoms with Gasteiger partial charge < -0.3 is 5.32 Å². The van der Waals surface area contributed by atoms with Crippen molar-refractivity contribution in [3.8, 4) is 0 Å². The van der Waals surface area contributed by atoms with Crippen LogP contribution < -0.4 is 5.32 Å². The Morgan fingerprint density at radius 3 is 2.47 bits per heavy atom. The number of amides is 1. The number of nitrogens with one attached hydrogen (secondary N) is 1. The van der Waals surface area contributed by atoms with Crippen molar-refractivity contribution < 1.29 is 18.0 Å². The molecule has 5 heteroatoms. The predicted molar refractivity (Wildman–Crippen MR) is 59.2 cm³/mol. The highest BCUT2D eigenvalue weighted by Crippen LogP contribution is 2.18. The normalized spacial score (nSPS) is 11.7. The van der Waals surface area contributed by atoms with Crippen molar-refractivity contribution in [2.24, 2.45) is 0 Å². The summed E-state index contributed by atoms with van der Waals surface area (Å²) in [6.45, 7) is -0.401. The van der Waals surface area contributed by atoms with Gasteiger partial charge >= 0.3 is 6.18 Å². The Kier molecular flexibility index (Phi) is 4.75. The van der Waals surface area contributed by atoms with Crippen LogP contribution in [-0.4, -0.2) is 18.6 Å². The summed E-state index contributed by atoms with van der Waals surface area (Å²) < 4.78 is 35.4. The van der Waals surface area contributed by atoms with Crippen molar-refractivity contribution in [3.05, 3.63) is 42.0 Å². The van der Waals surface area contributed by atoms with E-state index in [1.807, 2.05) is 6.07 Å². The van der Waals surface area contributed by atoms with Gasteiger partial charge in [0, 0.05) is 12.6 Å². The number of halogens is 3. The number of rotatable bonds is 4. The molecule has 0 radical (unpaired) electrons. The van der Waals surface area contributed by atoms with Gasteiger partial charge in [-0.25, -0.2) is 0 Å². The van der Waals surface area contributed by atoms with Crippen LogP contribution in [0.1, 0.15) is 12.0 Å². The fourth-order valence-corrected chi connectivity index (χ4v) is 1.12. The zero-order valence-electron chi connectivity index (χ0n) is 9.00. The van der Waals surface area contributed by atoms with Crippen LogP contribution in [0.3, 0.4) is 0 Å². The van der Waals surface area contributed by atoms with Crippen LogP contribution in [0.15, 0.2) is 36.4 Å². The number of hydrogen-bond donors (Lipinski definition) is 1. The van der Waals surface area contributed by atoms with Crippen molar-refractivity contribution >= 4 is 12.0 Å². The van der Waals surface area contributed by atoms with E-state index < -0.39 is 25.0 Å². The van der Waals surface area contributed by atoms with Crippen molar-refractivity contribution in [2.75, 3.05) is 6.54 Å². The van der Waals surface area contributed by atoms with Crippen molar-refractivity contribution in [2.45, 2.75) is 12.6 Å². The quantitative estimate of drug-likeness (QED) is 0.809. The predicted octanol–water partition coefficient (Wildman–Crippen LogP) is 2.77. The van der Waals surface area contributed by atoms with Gasteiger partial charge in [0.2, 0.25) is 5.91 Å². The standard InChI is InChI=1S/C12H12F3NO/c13-12(14,15)8-9-16-11(17)7-6-10-4-2-1-3-5-10/h1-7H,8-9H2,(H,16,17)/b7-6+. The summed E-state index contributed by atoms with van der Waals surface area (Å²) in [5.74, 6) is -0.530. The summed E-state index contributed by atoms with van der Waals surface area (Å²) in [5, 5.41) is 2.16.